The maximum absolute atomic E-state index is 11.8. The summed E-state index contributed by atoms with van der Waals surface area (Å²) in [5.41, 5.74) is 9.88. The molecule has 0 saturated carbocycles. The molecule has 0 heterocycles. The van der Waals surface area contributed by atoms with Crippen LogP contribution in [0.4, 0.5) is 5.69 Å². The number of halogens is 1. The zero-order valence-corrected chi connectivity index (χ0v) is 13.4. The molecule has 0 fully saturated rings. The lowest BCUT2D eigenvalue weighted by atomic mass is 9.97. The summed E-state index contributed by atoms with van der Waals surface area (Å²) in [4.78, 5) is 11.8. The molecule has 0 aliphatic heterocycles. The molecule has 2 N–H and O–H groups in total. The molecule has 0 atom stereocenters. The van der Waals surface area contributed by atoms with Crippen molar-refractivity contribution in [2.24, 2.45) is 0 Å². The number of hydrogen-bond donors (Lipinski definition) is 1. The third kappa shape index (κ3) is 3.68. The monoisotopic (exact) mass is 315 g/mol. The number of anilines is 1. The summed E-state index contributed by atoms with van der Waals surface area (Å²) in [5.74, 6) is -0.329. The van der Waals surface area contributed by atoms with Crippen LogP contribution >= 0.6 is 11.6 Å². The van der Waals surface area contributed by atoms with Gasteiger partial charge in [0.1, 0.15) is 0 Å². The Hall–Kier alpha value is -2.26. The molecule has 0 radical (unpaired) electrons. The summed E-state index contributed by atoms with van der Waals surface area (Å²) in [6, 6.07) is 13.1. The number of esters is 1. The molecule has 0 spiro atoms. The lowest BCUT2D eigenvalue weighted by Gasteiger charge is -2.11. The summed E-state index contributed by atoms with van der Waals surface area (Å²) in [6.45, 7) is 3.86. The average Bonchev–Trinajstić information content (AvgIpc) is 2.50. The smallest absolute Gasteiger partial charge is 0.333 e. The molecule has 2 aromatic rings. The second kappa shape index (κ2) is 7.14. The van der Waals surface area contributed by atoms with Gasteiger partial charge in [-0.1, -0.05) is 35.9 Å². The molecule has 0 aliphatic carbocycles. The fourth-order valence-corrected chi connectivity index (χ4v) is 2.34. The zero-order chi connectivity index (χ0) is 16.1. The van der Waals surface area contributed by atoms with Gasteiger partial charge in [0.2, 0.25) is 0 Å². The zero-order valence-electron chi connectivity index (χ0n) is 12.6. The Morgan fingerprint density at radius 1 is 1.23 bits per heavy atom. The molecule has 0 aliphatic rings. The number of nitrogen functional groups attached to an aromatic ring is 1. The molecule has 3 nitrogen and oxygen atoms in total. The van der Waals surface area contributed by atoms with Gasteiger partial charge in [0, 0.05) is 21.8 Å². The summed E-state index contributed by atoms with van der Waals surface area (Å²) in [6.07, 6.45) is 1.79. The fourth-order valence-electron chi connectivity index (χ4n) is 2.17. The Morgan fingerprint density at radius 3 is 2.64 bits per heavy atom. The van der Waals surface area contributed by atoms with Gasteiger partial charge in [-0.3, -0.25) is 0 Å². The first kappa shape index (κ1) is 16.1. The van der Waals surface area contributed by atoms with Gasteiger partial charge in [0.25, 0.3) is 0 Å². The van der Waals surface area contributed by atoms with E-state index >= 15 is 0 Å². The van der Waals surface area contributed by atoms with Crippen molar-refractivity contribution >= 4 is 29.3 Å². The lowest BCUT2D eigenvalue weighted by molar-refractivity contribution is -0.138. The molecule has 2 rings (SSSR count). The minimum Gasteiger partial charge on any atom is -0.463 e. The number of ether oxygens (including phenoxy) is 1. The first-order valence-corrected chi connectivity index (χ1v) is 7.40. The van der Waals surface area contributed by atoms with E-state index in [0.29, 0.717) is 22.9 Å². The van der Waals surface area contributed by atoms with E-state index in [0.717, 1.165) is 16.7 Å². The molecule has 0 aromatic heterocycles. The van der Waals surface area contributed by atoms with Gasteiger partial charge < -0.3 is 10.5 Å². The fraction of sp³-hybridized carbons (Fsp3) is 0.167. The second-order valence-electron chi connectivity index (χ2n) is 4.87. The van der Waals surface area contributed by atoms with Crippen LogP contribution in [-0.2, 0) is 9.53 Å². The number of carbonyl (C=O) groups excluding carboxylic acids is 1. The summed E-state index contributed by atoms with van der Waals surface area (Å²) in [5, 5.41) is 0.615. The molecule has 4 heteroatoms. The van der Waals surface area contributed by atoms with E-state index in [9.17, 15) is 4.79 Å². The molecule has 114 valence electrons. The Balaban J connectivity index is 2.52. The Morgan fingerprint density at radius 2 is 1.95 bits per heavy atom. The van der Waals surface area contributed by atoms with Crippen LogP contribution in [0.25, 0.3) is 17.2 Å². The van der Waals surface area contributed by atoms with Crippen LogP contribution in [0.3, 0.4) is 0 Å². The van der Waals surface area contributed by atoms with Crippen molar-refractivity contribution in [3.8, 4) is 11.1 Å². The minimum absolute atomic E-state index is 0.329. The Labute approximate surface area is 135 Å². The van der Waals surface area contributed by atoms with Gasteiger partial charge in [-0.25, -0.2) is 4.79 Å². The van der Waals surface area contributed by atoms with Crippen LogP contribution in [0.1, 0.15) is 19.4 Å². The number of nitrogens with two attached hydrogens (primary N) is 1. The van der Waals surface area contributed by atoms with E-state index in [1.807, 2.05) is 36.4 Å². The van der Waals surface area contributed by atoms with E-state index in [2.05, 4.69) is 0 Å². The SMILES string of the molecule is CCOC(=O)/C(C)=C/c1ccc(Cl)cc1-c1ccccc1N. The summed E-state index contributed by atoms with van der Waals surface area (Å²) >= 11 is 6.11. The van der Waals surface area contributed by atoms with E-state index in [1.54, 1.807) is 26.0 Å². The van der Waals surface area contributed by atoms with Crippen LogP contribution < -0.4 is 5.73 Å². The molecule has 2 aromatic carbocycles. The van der Waals surface area contributed by atoms with Gasteiger partial charge in [0.05, 0.1) is 6.61 Å². The van der Waals surface area contributed by atoms with E-state index in [1.165, 1.54) is 0 Å². The quantitative estimate of drug-likeness (QED) is 0.511. The first-order chi connectivity index (χ1) is 10.5. The van der Waals surface area contributed by atoms with Crippen molar-refractivity contribution in [3.63, 3.8) is 0 Å². The van der Waals surface area contributed by atoms with E-state index < -0.39 is 0 Å². The molecule has 0 amide bonds. The highest BCUT2D eigenvalue weighted by molar-refractivity contribution is 6.31. The van der Waals surface area contributed by atoms with Gasteiger partial charge in [-0.15, -0.1) is 0 Å². The first-order valence-electron chi connectivity index (χ1n) is 7.02. The Kier molecular flexibility index (Phi) is 5.23. The predicted molar refractivity (Wildman–Crippen MR) is 91.6 cm³/mol. The maximum atomic E-state index is 11.8. The van der Waals surface area contributed by atoms with Gasteiger partial charge >= 0.3 is 5.97 Å². The van der Waals surface area contributed by atoms with Crippen molar-refractivity contribution in [1.82, 2.24) is 0 Å². The van der Waals surface area contributed by atoms with Crippen molar-refractivity contribution in [2.45, 2.75) is 13.8 Å². The van der Waals surface area contributed by atoms with Crippen LogP contribution in [0, 0.1) is 0 Å². The largest absolute Gasteiger partial charge is 0.463 e. The molecular weight excluding hydrogens is 298 g/mol. The molecule has 0 bridgehead atoms. The summed E-state index contributed by atoms with van der Waals surface area (Å²) < 4.78 is 5.01. The highest BCUT2D eigenvalue weighted by atomic mass is 35.5. The van der Waals surface area contributed by atoms with Crippen LogP contribution in [0.15, 0.2) is 48.0 Å². The number of rotatable bonds is 4. The minimum atomic E-state index is -0.329. The second-order valence-corrected chi connectivity index (χ2v) is 5.30. The Bertz CT molecular complexity index is 723. The maximum Gasteiger partial charge on any atom is 0.333 e. The number of carbonyl (C=O) groups is 1. The van der Waals surface area contributed by atoms with E-state index in [-0.39, 0.29) is 5.97 Å². The topological polar surface area (TPSA) is 52.3 Å². The lowest BCUT2D eigenvalue weighted by Crippen LogP contribution is -2.05. The highest BCUT2D eigenvalue weighted by Gasteiger charge is 2.10. The number of para-hydroxylation sites is 1. The molecule has 0 saturated heterocycles. The normalized spacial score (nSPS) is 11.3. The van der Waals surface area contributed by atoms with Crippen LogP contribution in [0.5, 0.6) is 0 Å². The van der Waals surface area contributed by atoms with Gasteiger partial charge in [-0.05, 0) is 49.2 Å². The average molecular weight is 316 g/mol. The third-order valence-electron chi connectivity index (χ3n) is 3.24. The molecule has 22 heavy (non-hydrogen) atoms. The van der Waals surface area contributed by atoms with Crippen LogP contribution in [0.2, 0.25) is 5.02 Å². The molecular formula is C18H18ClNO2. The van der Waals surface area contributed by atoms with Crippen molar-refractivity contribution in [3.05, 3.63) is 58.6 Å². The van der Waals surface area contributed by atoms with Gasteiger partial charge in [-0.2, -0.15) is 0 Å². The molecule has 0 unspecified atom stereocenters. The van der Waals surface area contributed by atoms with Gasteiger partial charge in [0.15, 0.2) is 0 Å². The van der Waals surface area contributed by atoms with Crippen molar-refractivity contribution in [2.75, 3.05) is 12.3 Å². The highest BCUT2D eigenvalue weighted by Crippen LogP contribution is 2.32. The predicted octanol–water partition coefficient (Wildman–Crippen LogP) is 4.56. The van der Waals surface area contributed by atoms with Crippen molar-refractivity contribution < 1.29 is 9.53 Å². The standard InChI is InChI=1S/C18H18ClNO2/c1-3-22-18(21)12(2)10-13-8-9-14(19)11-16(13)15-6-4-5-7-17(15)20/h4-11H,3,20H2,1-2H3/b12-10+. The summed E-state index contributed by atoms with van der Waals surface area (Å²) in [7, 11) is 0. The van der Waals surface area contributed by atoms with E-state index in [4.69, 9.17) is 22.1 Å². The van der Waals surface area contributed by atoms with Crippen LogP contribution in [-0.4, -0.2) is 12.6 Å². The number of benzene rings is 2. The number of hydrogen-bond acceptors (Lipinski definition) is 3. The third-order valence-corrected chi connectivity index (χ3v) is 3.47. The van der Waals surface area contributed by atoms with Crippen molar-refractivity contribution in [1.29, 1.82) is 0 Å².